The Kier molecular flexibility index (Phi) is 4.86. The maximum Gasteiger partial charge on any atom is 0.416 e. The maximum absolute atomic E-state index is 12.6. The van der Waals surface area contributed by atoms with Crippen LogP contribution in [0.3, 0.4) is 0 Å². The molecule has 0 aliphatic heterocycles. The minimum absolute atomic E-state index is 0.0870. The summed E-state index contributed by atoms with van der Waals surface area (Å²) in [6.07, 6.45) is -7.58. The van der Waals surface area contributed by atoms with E-state index in [0.717, 1.165) is 0 Å². The number of nitrogens with two attached hydrogens (primary N) is 1. The SMILES string of the molecule is C=CCC[C@H](N)c1cc(C(F)(F)F)cc(C(F)(F)F)c1. The molecule has 0 bridgehead atoms. The van der Waals surface area contributed by atoms with Gasteiger partial charge in [0.05, 0.1) is 11.1 Å². The van der Waals surface area contributed by atoms with Gasteiger partial charge in [-0.15, -0.1) is 6.58 Å². The Labute approximate surface area is 112 Å². The van der Waals surface area contributed by atoms with Crippen molar-refractivity contribution in [2.24, 2.45) is 5.73 Å². The highest BCUT2D eigenvalue weighted by Crippen LogP contribution is 2.37. The van der Waals surface area contributed by atoms with Crippen LogP contribution < -0.4 is 5.73 Å². The molecule has 0 saturated carbocycles. The van der Waals surface area contributed by atoms with E-state index in [1.165, 1.54) is 6.08 Å². The van der Waals surface area contributed by atoms with Gasteiger partial charge in [-0.2, -0.15) is 26.3 Å². The Bertz CT molecular complexity index is 442. The Morgan fingerprint density at radius 1 is 1.00 bits per heavy atom. The molecule has 2 N–H and O–H groups in total. The summed E-state index contributed by atoms with van der Waals surface area (Å²) in [4.78, 5) is 0. The van der Waals surface area contributed by atoms with Gasteiger partial charge in [0, 0.05) is 6.04 Å². The molecule has 7 heteroatoms. The van der Waals surface area contributed by atoms with Crippen LogP contribution in [0.1, 0.15) is 35.6 Å². The molecule has 0 fully saturated rings. The smallest absolute Gasteiger partial charge is 0.324 e. The lowest BCUT2D eigenvalue weighted by Gasteiger charge is -2.17. The molecular weight excluding hydrogens is 284 g/mol. The summed E-state index contributed by atoms with van der Waals surface area (Å²) in [5, 5.41) is 0. The van der Waals surface area contributed by atoms with E-state index in [9.17, 15) is 26.3 Å². The van der Waals surface area contributed by atoms with Crippen molar-refractivity contribution in [1.82, 2.24) is 0 Å². The van der Waals surface area contributed by atoms with Crippen LogP contribution in [0.25, 0.3) is 0 Å². The molecule has 0 amide bonds. The fourth-order valence-electron chi connectivity index (χ4n) is 1.66. The summed E-state index contributed by atoms with van der Waals surface area (Å²) in [6, 6.07) is 0.492. The molecule has 112 valence electrons. The van der Waals surface area contributed by atoms with E-state index in [1.54, 1.807) is 0 Å². The van der Waals surface area contributed by atoms with Crippen LogP contribution in [0.2, 0.25) is 0 Å². The molecule has 0 aliphatic carbocycles. The lowest BCUT2D eigenvalue weighted by atomic mass is 9.97. The second-order valence-corrected chi connectivity index (χ2v) is 4.31. The van der Waals surface area contributed by atoms with Crippen molar-refractivity contribution in [2.75, 3.05) is 0 Å². The zero-order valence-electron chi connectivity index (χ0n) is 10.4. The van der Waals surface area contributed by atoms with Crippen molar-refractivity contribution in [2.45, 2.75) is 31.2 Å². The van der Waals surface area contributed by atoms with E-state index in [4.69, 9.17) is 5.73 Å². The van der Waals surface area contributed by atoms with E-state index in [-0.39, 0.29) is 18.1 Å². The average molecular weight is 297 g/mol. The molecule has 1 aromatic rings. The molecule has 1 rings (SSSR count). The molecule has 1 atom stereocenters. The maximum atomic E-state index is 12.6. The second-order valence-electron chi connectivity index (χ2n) is 4.31. The monoisotopic (exact) mass is 297 g/mol. The number of halogens is 6. The van der Waals surface area contributed by atoms with E-state index < -0.39 is 29.5 Å². The number of rotatable bonds is 4. The van der Waals surface area contributed by atoms with Crippen molar-refractivity contribution in [3.63, 3.8) is 0 Å². The summed E-state index contributed by atoms with van der Waals surface area (Å²) < 4.78 is 75.8. The molecule has 0 heterocycles. The van der Waals surface area contributed by atoms with Gasteiger partial charge in [-0.1, -0.05) is 6.08 Å². The Morgan fingerprint density at radius 3 is 1.80 bits per heavy atom. The van der Waals surface area contributed by atoms with E-state index in [2.05, 4.69) is 6.58 Å². The lowest BCUT2D eigenvalue weighted by Crippen LogP contribution is -2.16. The van der Waals surface area contributed by atoms with Crippen molar-refractivity contribution in [1.29, 1.82) is 0 Å². The predicted octanol–water partition coefficient (Wildman–Crippen LogP) is 4.69. The van der Waals surface area contributed by atoms with Crippen LogP contribution in [0, 0.1) is 0 Å². The minimum atomic E-state index is -4.85. The largest absolute Gasteiger partial charge is 0.416 e. The van der Waals surface area contributed by atoms with Gasteiger partial charge in [0.25, 0.3) is 0 Å². The Balaban J connectivity index is 3.27. The Hall–Kier alpha value is -1.50. The van der Waals surface area contributed by atoms with Gasteiger partial charge < -0.3 is 5.73 Å². The molecule has 1 aromatic carbocycles. The number of alkyl halides is 6. The first-order valence-corrected chi connectivity index (χ1v) is 5.71. The standard InChI is InChI=1S/C13H13F6N/c1-2-3-4-11(20)8-5-9(12(14,15)16)7-10(6-8)13(17,18)19/h2,5-7,11H,1,3-4,20H2/t11-/m0/s1. The zero-order valence-corrected chi connectivity index (χ0v) is 10.4. The highest BCUT2D eigenvalue weighted by atomic mass is 19.4. The second kappa shape index (κ2) is 5.87. The van der Waals surface area contributed by atoms with Gasteiger partial charge in [-0.25, -0.2) is 0 Å². The van der Waals surface area contributed by atoms with Crippen LogP contribution in [-0.4, -0.2) is 0 Å². The zero-order chi connectivity index (χ0) is 15.6. The van der Waals surface area contributed by atoms with Crippen molar-refractivity contribution >= 4 is 0 Å². The summed E-state index contributed by atoms with van der Waals surface area (Å²) in [5.74, 6) is 0. The first-order valence-electron chi connectivity index (χ1n) is 5.71. The van der Waals surface area contributed by atoms with Crippen molar-refractivity contribution < 1.29 is 26.3 Å². The molecule has 0 unspecified atom stereocenters. The van der Waals surface area contributed by atoms with Crippen LogP contribution in [0.4, 0.5) is 26.3 Å². The van der Waals surface area contributed by atoms with E-state index >= 15 is 0 Å². The van der Waals surface area contributed by atoms with Crippen molar-refractivity contribution in [3.8, 4) is 0 Å². The summed E-state index contributed by atoms with van der Waals surface area (Å²) in [7, 11) is 0. The number of benzene rings is 1. The summed E-state index contributed by atoms with van der Waals surface area (Å²) >= 11 is 0. The molecule has 0 spiro atoms. The van der Waals surface area contributed by atoms with Crippen LogP contribution in [0.15, 0.2) is 30.9 Å². The van der Waals surface area contributed by atoms with Gasteiger partial charge in [0.2, 0.25) is 0 Å². The Morgan fingerprint density at radius 2 is 1.45 bits per heavy atom. The quantitative estimate of drug-likeness (QED) is 0.633. The lowest BCUT2D eigenvalue weighted by molar-refractivity contribution is -0.143. The molecule has 0 aromatic heterocycles. The minimum Gasteiger partial charge on any atom is -0.324 e. The first kappa shape index (κ1) is 16.6. The van der Waals surface area contributed by atoms with Gasteiger partial charge in [0.1, 0.15) is 0 Å². The van der Waals surface area contributed by atoms with Crippen LogP contribution in [0.5, 0.6) is 0 Å². The molecule has 0 aliphatic rings. The predicted molar refractivity (Wildman–Crippen MR) is 62.8 cm³/mol. The van der Waals surface area contributed by atoms with Crippen LogP contribution >= 0.6 is 0 Å². The number of allylic oxidation sites excluding steroid dienone is 1. The third-order valence-electron chi connectivity index (χ3n) is 2.72. The van der Waals surface area contributed by atoms with E-state index in [0.29, 0.717) is 18.6 Å². The van der Waals surface area contributed by atoms with Crippen LogP contribution in [-0.2, 0) is 12.4 Å². The van der Waals surface area contributed by atoms with Gasteiger partial charge in [-0.3, -0.25) is 0 Å². The highest BCUT2D eigenvalue weighted by Gasteiger charge is 2.37. The fraction of sp³-hybridized carbons (Fsp3) is 0.385. The number of hydrogen-bond donors (Lipinski definition) is 1. The van der Waals surface area contributed by atoms with E-state index in [1.807, 2.05) is 0 Å². The fourth-order valence-corrected chi connectivity index (χ4v) is 1.66. The normalized spacial score (nSPS) is 14.2. The van der Waals surface area contributed by atoms with Gasteiger partial charge >= 0.3 is 12.4 Å². The van der Waals surface area contributed by atoms with Gasteiger partial charge in [0.15, 0.2) is 0 Å². The molecule has 20 heavy (non-hydrogen) atoms. The topological polar surface area (TPSA) is 26.0 Å². The molecule has 0 radical (unpaired) electrons. The van der Waals surface area contributed by atoms with Crippen molar-refractivity contribution in [3.05, 3.63) is 47.5 Å². The summed E-state index contributed by atoms with van der Waals surface area (Å²) in [5.41, 5.74) is 2.74. The third-order valence-corrected chi connectivity index (χ3v) is 2.72. The average Bonchev–Trinajstić information content (AvgIpc) is 2.33. The van der Waals surface area contributed by atoms with Gasteiger partial charge in [-0.05, 0) is 36.6 Å². The first-order chi connectivity index (χ1) is 9.05. The number of hydrogen-bond acceptors (Lipinski definition) is 1. The molecule has 1 nitrogen and oxygen atoms in total. The molecule has 0 saturated heterocycles. The highest BCUT2D eigenvalue weighted by molar-refractivity contribution is 5.35. The summed E-state index contributed by atoms with van der Waals surface area (Å²) in [6.45, 7) is 3.42. The third kappa shape index (κ3) is 4.26. The molecular formula is C13H13F6N.